The van der Waals surface area contributed by atoms with Crippen LogP contribution in [0.4, 0.5) is 0 Å². The molecule has 136 valence electrons. The summed E-state index contributed by atoms with van der Waals surface area (Å²) < 4.78 is 7.37. The number of hydrogen-bond acceptors (Lipinski definition) is 4. The summed E-state index contributed by atoms with van der Waals surface area (Å²) in [6.07, 6.45) is 0. The summed E-state index contributed by atoms with van der Waals surface area (Å²) in [7, 11) is 1.66. The molecule has 0 aliphatic rings. The molecule has 0 amide bonds. The monoisotopic (exact) mass is 407 g/mol. The molecule has 3 aromatic rings. The number of halogens is 2. The number of hydrogen-bond donors (Lipinski definition) is 0. The highest BCUT2D eigenvalue weighted by Gasteiger charge is 2.17. The van der Waals surface area contributed by atoms with Crippen molar-refractivity contribution in [3.63, 3.8) is 0 Å². The highest BCUT2D eigenvalue weighted by molar-refractivity contribution is 7.98. The van der Waals surface area contributed by atoms with E-state index in [4.69, 9.17) is 27.9 Å². The largest absolute Gasteiger partial charge is 0.497 e. The van der Waals surface area contributed by atoms with Crippen molar-refractivity contribution < 1.29 is 4.74 Å². The first-order chi connectivity index (χ1) is 12.5. The van der Waals surface area contributed by atoms with Gasteiger partial charge in [0.25, 0.3) is 0 Å². The molecule has 0 spiro atoms. The number of rotatable bonds is 6. The van der Waals surface area contributed by atoms with Crippen LogP contribution in [-0.4, -0.2) is 21.9 Å². The van der Waals surface area contributed by atoms with Crippen LogP contribution in [0.5, 0.6) is 5.75 Å². The fourth-order valence-corrected chi connectivity index (χ4v) is 3.89. The normalized spacial score (nSPS) is 11.2. The van der Waals surface area contributed by atoms with Crippen LogP contribution in [0.1, 0.15) is 25.5 Å². The fraction of sp³-hybridized carbons (Fsp3) is 0.263. The van der Waals surface area contributed by atoms with E-state index in [1.54, 1.807) is 18.9 Å². The molecule has 0 saturated carbocycles. The molecule has 26 heavy (non-hydrogen) atoms. The molecule has 0 N–H and O–H groups in total. The van der Waals surface area contributed by atoms with E-state index in [1.807, 2.05) is 42.5 Å². The van der Waals surface area contributed by atoms with Crippen LogP contribution in [0.25, 0.3) is 11.4 Å². The number of thioether (sulfide) groups is 1. The zero-order chi connectivity index (χ0) is 18.7. The van der Waals surface area contributed by atoms with Crippen molar-refractivity contribution in [2.24, 2.45) is 0 Å². The summed E-state index contributed by atoms with van der Waals surface area (Å²) in [4.78, 5) is 0. The van der Waals surface area contributed by atoms with Crippen LogP contribution >= 0.6 is 35.0 Å². The van der Waals surface area contributed by atoms with Crippen molar-refractivity contribution in [3.05, 3.63) is 58.1 Å². The summed E-state index contributed by atoms with van der Waals surface area (Å²) in [5, 5.41) is 10.8. The Balaban J connectivity index is 1.85. The molecule has 0 saturated heterocycles. The standard InChI is InChI=1S/C19H19Cl2N3OS/c1-12(2)24-18(14-5-7-15(25-3)8-6-14)22-23-19(24)26-11-13-4-9-16(20)17(21)10-13/h4-10,12H,11H2,1-3H3. The Bertz CT molecular complexity index is 894. The minimum atomic E-state index is 0.235. The molecule has 4 nitrogen and oxygen atoms in total. The number of ether oxygens (including phenoxy) is 1. The smallest absolute Gasteiger partial charge is 0.192 e. The van der Waals surface area contributed by atoms with E-state index >= 15 is 0 Å². The second-order valence-electron chi connectivity index (χ2n) is 6.04. The SMILES string of the molecule is COc1ccc(-c2nnc(SCc3ccc(Cl)c(Cl)c3)n2C(C)C)cc1. The number of aromatic nitrogens is 3. The number of methoxy groups -OCH3 is 1. The third kappa shape index (κ3) is 4.17. The minimum Gasteiger partial charge on any atom is -0.497 e. The van der Waals surface area contributed by atoms with Gasteiger partial charge < -0.3 is 4.74 Å². The zero-order valence-corrected chi connectivity index (χ0v) is 17.1. The molecule has 2 aromatic carbocycles. The highest BCUT2D eigenvalue weighted by atomic mass is 35.5. The predicted octanol–water partition coefficient (Wildman–Crippen LogP) is 6.13. The van der Waals surface area contributed by atoms with E-state index in [9.17, 15) is 0 Å². The Morgan fingerprint density at radius 3 is 2.38 bits per heavy atom. The summed E-state index contributed by atoms with van der Waals surface area (Å²) >= 11 is 13.7. The van der Waals surface area contributed by atoms with Gasteiger partial charge in [0.05, 0.1) is 17.2 Å². The third-order valence-corrected chi connectivity index (χ3v) is 5.63. The van der Waals surface area contributed by atoms with E-state index < -0.39 is 0 Å². The molecule has 0 radical (unpaired) electrons. The Hall–Kier alpha value is -1.69. The molecule has 1 aromatic heterocycles. The van der Waals surface area contributed by atoms with E-state index in [1.165, 1.54) is 0 Å². The summed E-state index contributed by atoms with van der Waals surface area (Å²) in [6.45, 7) is 4.25. The molecule has 0 aliphatic heterocycles. The van der Waals surface area contributed by atoms with Crippen LogP contribution in [-0.2, 0) is 5.75 Å². The van der Waals surface area contributed by atoms with Gasteiger partial charge in [0.2, 0.25) is 0 Å². The van der Waals surface area contributed by atoms with Gasteiger partial charge >= 0.3 is 0 Å². The molecule has 0 aliphatic carbocycles. The van der Waals surface area contributed by atoms with E-state index in [-0.39, 0.29) is 6.04 Å². The highest BCUT2D eigenvalue weighted by Crippen LogP contribution is 2.31. The van der Waals surface area contributed by atoms with Crippen molar-refractivity contribution in [2.75, 3.05) is 7.11 Å². The maximum Gasteiger partial charge on any atom is 0.192 e. The maximum atomic E-state index is 6.10. The molecule has 0 bridgehead atoms. The summed E-state index contributed by atoms with van der Waals surface area (Å²) in [6, 6.07) is 13.8. The zero-order valence-electron chi connectivity index (χ0n) is 14.7. The van der Waals surface area contributed by atoms with E-state index in [2.05, 4.69) is 28.6 Å². The topological polar surface area (TPSA) is 39.9 Å². The van der Waals surface area contributed by atoms with Crippen LogP contribution in [0.2, 0.25) is 10.0 Å². The number of nitrogens with zero attached hydrogens (tertiary/aromatic N) is 3. The van der Waals surface area contributed by atoms with Crippen molar-refractivity contribution in [3.8, 4) is 17.1 Å². The van der Waals surface area contributed by atoms with Gasteiger partial charge in [-0.15, -0.1) is 10.2 Å². The Labute approximate surface area is 167 Å². The van der Waals surface area contributed by atoms with Gasteiger partial charge in [-0.2, -0.15) is 0 Å². The Morgan fingerprint density at radius 2 is 1.77 bits per heavy atom. The van der Waals surface area contributed by atoms with Crippen LogP contribution in [0.15, 0.2) is 47.6 Å². The van der Waals surface area contributed by atoms with Gasteiger partial charge in [0.1, 0.15) is 5.75 Å². The lowest BCUT2D eigenvalue weighted by Crippen LogP contribution is -2.05. The van der Waals surface area contributed by atoms with Crippen molar-refractivity contribution in [1.82, 2.24) is 14.8 Å². The Kier molecular flexibility index (Phi) is 6.12. The van der Waals surface area contributed by atoms with Crippen molar-refractivity contribution in [1.29, 1.82) is 0 Å². The van der Waals surface area contributed by atoms with Crippen molar-refractivity contribution in [2.45, 2.75) is 30.8 Å². The van der Waals surface area contributed by atoms with Crippen LogP contribution < -0.4 is 4.74 Å². The van der Waals surface area contributed by atoms with E-state index in [0.29, 0.717) is 10.0 Å². The van der Waals surface area contributed by atoms with Gasteiger partial charge in [0.15, 0.2) is 11.0 Å². The van der Waals surface area contributed by atoms with Gasteiger partial charge in [-0.05, 0) is 55.8 Å². The first-order valence-electron chi connectivity index (χ1n) is 8.15. The predicted molar refractivity (Wildman–Crippen MR) is 108 cm³/mol. The molecule has 3 rings (SSSR count). The average Bonchev–Trinajstić information content (AvgIpc) is 3.07. The van der Waals surface area contributed by atoms with Gasteiger partial charge in [-0.1, -0.05) is 41.0 Å². The quantitative estimate of drug-likeness (QED) is 0.460. The van der Waals surface area contributed by atoms with Gasteiger partial charge in [-0.25, -0.2) is 0 Å². The van der Waals surface area contributed by atoms with Crippen molar-refractivity contribution >= 4 is 35.0 Å². The molecule has 0 atom stereocenters. The lowest BCUT2D eigenvalue weighted by atomic mass is 10.2. The van der Waals surface area contributed by atoms with E-state index in [0.717, 1.165) is 33.6 Å². The summed E-state index contributed by atoms with van der Waals surface area (Å²) in [5.74, 6) is 2.41. The lowest BCUT2D eigenvalue weighted by Gasteiger charge is -2.14. The first-order valence-corrected chi connectivity index (χ1v) is 9.89. The molecule has 7 heteroatoms. The fourth-order valence-electron chi connectivity index (χ4n) is 2.56. The van der Waals surface area contributed by atoms with Gasteiger partial charge in [0, 0.05) is 17.4 Å². The maximum absolute atomic E-state index is 6.10. The van der Waals surface area contributed by atoms with Crippen LogP contribution in [0, 0.1) is 0 Å². The molecule has 0 unspecified atom stereocenters. The Morgan fingerprint density at radius 1 is 1.04 bits per heavy atom. The first kappa shape index (κ1) is 19.1. The molecule has 0 fully saturated rings. The van der Waals surface area contributed by atoms with Gasteiger partial charge in [-0.3, -0.25) is 4.57 Å². The molecule has 1 heterocycles. The molecular formula is C19H19Cl2N3OS. The summed E-state index contributed by atoms with van der Waals surface area (Å²) in [5.41, 5.74) is 2.10. The number of benzene rings is 2. The van der Waals surface area contributed by atoms with Crippen LogP contribution in [0.3, 0.4) is 0 Å². The minimum absolute atomic E-state index is 0.235. The lowest BCUT2D eigenvalue weighted by molar-refractivity contribution is 0.415. The second-order valence-corrected chi connectivity index (χ2v) is 7.79. The molecular weight excluding hydrogens is 389 g/mol. The third-order valence-electron chi connectivity index (χ3n) is 3.88. The second kappa shape index (κ2) is 8.33. The average molecular weight is 408 g/mol.